The van der Waals surface area contributed by atoms with Crippen LogP contribution in [0, 0.1) is 12.8 Å². The van der Waals surface area contributed by atoms with E-state index in [0.717, 1.165) is 18.4 Å². The van der Waals surface area contributed by atoms with Crippen molar-refractivity contribution >= 4 is 15.9 Å². The lowest BCUT2D eigenvalue weighted by molar-refractivity contribution is -0.194. The van der Waals surface area contributed by atoms with E-state index in [0.29, 0.717) is 5.57 Å². The molecule has 29 heavy (non-hydrogen) atoms. The first-order valence-corrected chi connectivity index (χ1v) is 10.9. The summed E-state index contributed by atoms with van der Waals surface area (Å²) in [5, 5.41) is 0. The summed E-state index contributed by atoms with van der Waals surface area (Å²) >= 11 is 0. The van der Waals surface area contributed by atoms with E-state index in [9.17, 15) is 13.2 Å². The second-order valence-electron chi connectivity index (χ2n) is 7.35. The average molecular weight is 419 g/mol. The number of rotatable bonds is 4. The Bertz CT molecular complexity index is 985. The maximum Gasteiger partial charge on any atom is 0.339 e. The first kappa shape index (κ1) is 21.5. The monoisotopic (exact) mass is 418 g/mol. The van der Waals surface area contributed by atoms with Crippen molar-refractivity contribution < 1.29 is 26.9 Å². The molecule has 6 nitrogen and oxygen atoms in total. The first-order valence-electron chi connectivity index (χ1n) is 9.54. The Hall–Kier alpha value is -2.22. The second-order valence-corrected chi connectivity index (χ2v) is 8.90. The van der Waals surface area contributed by atoms with E-state index in [4.69, 9.17) is 13.7 Å². The summed E-state index contributed by atoms with van der Waals surface area (Å²) in [7, 11) is -2.72. The molecule has 0 spiro atoms. The van der Waals surface area contributed by atoms with E-state index in [1.165, 1.54) is 25.3 Å². The molecule has 0 aromatic heterocycles. The lowest BCUT2D eigenvalue weighted by atomic mass is 9.82. The summed E-state index contributed by atoms with van der Waals surface area (Å²) in [5.74, 6) is -2.09. The van der Waals surface area contributed by atoms with Crippen LogP contribution in [-0.4, -0.2) is 33.7 Å². The molecule has 0 saturated carbocycles. The Morgan fingerprint density at radius 2 is 1.83 bits per heavy atom. The zero-order chi connectivity index (χ0) is 21.2. The Labute approximate surface area is 172 Å². The van der Waals surface area contributed by atoms with Crippen molar-refractivity contribution in [2.24, 2.45) is 5.92 Å². The highest BCUT2D eigenvalue weighted by molar-refractivity contribution is 7.86. The molecular formula is C22H26O6S. The molecule has 2 bridgehead atoms. The van der Waals surface area contributed by atoms with Crippen LogP contribution >= 0.6 is 0 Å². The molecule has 1 aliphatic heterocycles. The molecule has 0 fully saturated rings. The minimum Gasteiger partial charge on any atom is -0.379 e. The average Bonchev–Trinajstić information content (AvgIpc) is 2.68. The fourth-order valence-corrected chi connectivity index (χ4v) is 4.47. The maximum absolute atomic E-state index is 13.3. The van der Waals surface area contributed by atoms with Gasteiger partial charge >= 0.3 is 10.1 Å². The first-order chi connectivity index (χ1) is 13.7. The summed E-state index contributed by atoms with van der Waals surface area (Å²) < 4.78 is 42.6. The Kier molecular flexibility index (Phi) is 6.12. The zero-order valence-electron chi connectivity index (χ0n) is 17.1. The fourth-order valence-electron chi connectivity index (χ4n) is 3.49. The van der Waals surface area contributed by atoms with Crippen molar-refractivity contribution in [3.05, 3.63) is 65.0 Å². The van der Waals surface area contributed by atoms with Gasteiger partial charge in [0.2, 0.25) is 5.78 Å². The molecule has 1 unspecified atom stereocenters. The van der Waals surface area contributed by atoms with Gasteiger partial charge in [-0.3, -0.25) is 4.79 Å². The highest BCUT2D eigenvalue weighted by Gasteiger charge is 2.49. The van der Waals surface area contributed by atoms with Crippen molar-refractivity contribution in [1.82, 2.24) is 0 Å². The predicted molar refractivity (Wildman–Crippen MR) is 108 cm³/mol. The predicted octanol–water partition coefficient (Wildman–Crippen LogP) is 3.83. The smallest absolute Gasteiger partial charge is 0.339 e. The molecule has 0 amide bonds. The summed E-state index contributed by atoms with van der Waals surface area (Å²) in [5.41, 5.74) is 1.64. The lowest BCUT2D eigenvalue weighted by Gasteiger charge is -2.37. The maximum atomic E-state index is 13.3. The quantitative estimate of drug-likeness (QED) is 0.546. The highest BCUT2D eigenvalue weighted by Crippen LogP contribution is 2.39. The number of methoxy groups -OCH3 is 1. The molecule has 2 atom stereocenters. The van der Waals surface area contributed by atoms with E-state index in [1.807, 2.05) is 26.0 Å². The largest absolute Gasteiger partial charge is 0.379 e. The Balaban J connectivity index is 2.09. The summed E-state index contributed by atoms with van der Waals surface area (Å²) in [6.07, 6.45) is 6.88. The highest BCUT2D eigenvalue weighted by atomic mass is 32.2. The molecule has 7 heteroatoms. The molecule has 1 aliphatic carbocycles. The van der Waals surface area contributed by atoms with Crippen molar-refractivity contribution in [1.29, 1.82) is 0 Å². The van der Waals surface area contributed by atoms with Gasteiger partial charge in [0.05, 0.1) is 6.61 Å². The Morgan fingerprint density at radius 3 is 2.48 bits per heavy atom. The summed E-state index contributed by atoms with van der Waals surface area (Å²) in [6, 6.07) is 6.38. The molecule has 0 saturated heterocycles. The van der Waals surface area contributed by atoms with Gasteiger partial charge in [-0.2, -0.15) is 8.42 Å². The number of carbonyl (C=O) groups is 1. The molecule has 1 heterocycles. The third-order valence-corrected chi connectivity index (χ3v) is 6.60. The Morgan fingerprint density at radius 1 is 1.14 bits per heavy atom. The topological polar surface area (TPSA) is 78.9 Å². The number of hydrogen-bond acceptors (Lipinski definition) is 6. The molecule has 1 aromatic rings. The second kappa shape index (κ2) is 8.26. The van der Waals surface area contributed by atoms with Crippen LogP contribution in [0.25, 0.3) is 0 Å². The van der Waals surface area contributed by atoms with Crippen LogP contribution in [0.5, 0.6) is 0 Å². The molecule has 0 radical (unpaired) electrons. The number of Topliss-reactive ketones (excluding diaryl/α,β-unsaturated/α-hetero) is 1. The van der Waals surface area contributed by atoms with E-state index in [1.54, 1.807) is 19.1 Å². The number of carbonyl (C=O) groups excluding carboxylic acids is 1. The van der Waals surface area contributed by atoms with Gasteiger partial charge in [-0.25, -0.2) is 0 Å². The van der Waals surface area contributed by atoms with Crippen LogP contribution in [0.2, 0.25) is 0 Å². The molecule has 2 aliphatic rings. The van der Waals surface area contributed by atoms with Gasteiger partial charge in [0.15, 0.2) is 0 Å². The van der Waals surface area contributed by atoms with Crippen molar-refractivity contribution in [2.45, 2.75) is 44.3 Å². The van der Waals surface area contributed by atoms with E-state index in [2.05, 4.69) is 0 Å². The van der Waals surface area contributed by atoms with Crippen LogP contribution in [0.1, 0.15) is 32.3 Å². The van der Waals surface area contributed by atoms with Crippen LogP contribution in [0.3, 0.4) is 0 Å². The SMILES string of the molecule is COC12OC/C=C\CC[C@@H](C)C(=CC(OS(=O)(=O)c3ccc(C)cc3)=C1C)C2=O. The van der Waals surface area contributed by atoms with Crippen LogP contribution in [0.4, 0.5) is 0 Å². The number of benzene rings is 1. The van der Waals surface area contributed by atoms with Crippen molar-refractivity contribution in [3.63, 3.8) is 0 Å². The number of hydrogen-bond donors (Lipinski definition) is 0. The van der Waals surface area contributed by atoms with Crippen LogP contribution in [-0.2, 0) is 28.6 Å². The van der Waals surface area contributed by atoms with Gasteiger partial charge in [0.1, 0.15) is 10.7 Å². The molecule has 3 rings (SSSR count). The van der Waals surface area contributed by atoms with Gasteiger partial charge in [0.25, 0.3) is 5.79 Å². The molecule has 1 aromatic carbocycles. The van der Waals surface area contributed by atoms with Gasteiger partial charge < -0.3 is 13.7 Å². The minimum absolute atomic E-state index is 0.0382. The number of ketones is 1. The van der Waals surface area contributed by atoms with Crippen molar-refractivity contribution in [2.75, 3.05) is 13.7 Å². The summed E-state index contributed by atoms with van der Waals surface area (Å²) in [6.45, 7) is 5.55. The minimum atomic E-state index is -4.09. The molecule has 0 N–H and O–H groups in total. The summed E-state index contributed by atoms with van der Waals surface area (Å²) in [4.78, 5) is 13.3. The van der Waals surface area contributed by atoms with Crippen LogP contribution < -0.4 is 0 Å². The third-order valence-electron chi connectivity index (χ3n) is 5.35. The van der Waals surface area contributed by atoms with Gasteiger partial charge in [-0.1, -0.05) is 36.8 Å². The number of fused-ring (bicyclic) bond motifs is 2. The van der Waals surface area contributed by atoms with Crippen LogP contribution in [0.15, 0.2) is 64.3 Å². The lowest BCUT2D eigenvalue weighted by Crippen LogP contribution is -2.49. The van der Waals surface area contributed by atoms with Crippen molar-refractivity contribution in [3.8, 4) is 0 Å². The third kappa shape index (κ3) is 4.08. The van der Waals surface area contributed by atoms with Gasteiger partial charge in [0, 0.05) is 18.3 Å². The zero-order valence-corrected chi connectivity index (χ0v) is 17.9. The van der Waals surface area contributed by atoms with Gasteiger partial charge in [-0.15, -0.1) is 0 Å². The number of aryl methyl sites for hydroxylation is 1. The fraction of sp³-hybridized carbons (Fsp3) is 0.409. The van der Waals surface area contributed by atoms with E-state index >= 15 is 0 Å². The van der Waals surface area contributed by atoms with E-state index < -0.39 is 15.9 Å². The van der Waals surface area contributed by atoms with E-state index in [-0.39, 0.29) is 34.5 Å². The van der Waals surface area contributed by atoms with Gasteiger partial charge in [-0.05, 0) is 50.8 Å². The normalized spacial score (nSPS) is 26.7. The molecular weight excluding hydrogens is 392 g/mol. The number of ether oxygens (including phenoxy) is 2. The standard InChI is InChI=1S/C22H26O6S/c1-15-9-11-18(12-10-15)29(24,25)28-20-14-19-16(2)8-6-5-7-13-27-22(26-4,17(20)3)21(19)23/h5,7,9-12,14,16H,6,8,13H2,1-4H3/b7-5-/t16-,22?/m1/s1. The molecule has 156 valence electrons. The number of allylic oxidation sites excluding steroid dienone is 2.